The fraction of sp³-hybridized carbons (Fsp3) is 0.535. The molecule has 1 spiro atoms. The summed E-state index contributed by atoms with van der Waals surface area (Å²) in [5.74, 6) is -0.0420. The van der Waals surface area contributed by atoms with Crippen molar-refractivity contribution in [1.29, 1.82) is 0 Å². The summed E-state index contributed by atoms with van der Waals surface area (Å²) < 4.78 is 23.3. The second-order valence-corrected chi connectivity index (χ2v) is 18.7. The number of amides is 2. The number of halogens is 2. The number of pyridine rings is 1. The molecule has 3 saturated heterocycles. The molecule has 1 unspecified atom stereocenters. The average Bonchev–Trinajstić information content (AvgIpc) is 3.67. The molecule has 9 rings (SSSR count). The number of likely N-dealkylation sites (tertiary alicyclic amines) is 2. The minimum absolute atomic E-state index is 0.0382. The third-order valence-corrected chi connectivity index (χ3v) is 13.6. The van der Waals surface area contributed by atoms with Crippen LogP contribution in [-0.2, 0) is 14.9 Å². The molecule has 1 saturated carbocycles. The van der Waals surface area contributed by atoms with E-state index in [1.54, 1.807) is 19.3 Å². The molecule has 2 aromatic carbocycles. The van der Waals surface area contributed by atoms with E-state index in [9.17, 15) is 9.59 Å². The zero-order valence-corrected chi connectivity index (χ0v) is 34.9. The molecule has 6 heterocycles. The van der Waals surface area contributed by atoms with E-state index < -0.39 is 11.2 Å². The number of nitrogens with one attached hydrogen (secondary N) is 2. The first-order chi connectivity index (χ1) is 27.0. The first-order valence-corrected chi connectivity index (χ1v) is 21.7. The number of benzene rings is 2. The first-order valence-electron chi connectivity index (χ1n) is 20.4. The number of hydrogen-bond acceptors (Lipinski definition) is 8. The zero-order valence-electron chi connectivity index (χ0n) is 32.8. The van der Waals surface area contributed by atoms with Gasteiger partial charge in [0.2, 0.25) is 5.91 Å². The Bertz CT molecular complexity index is 2170. The van der Waals surface area contributed by atoms with Crippen molar-refractivity contribution in [3.8, 4) is 11.3 Å². The molecule has 4 aromatic rings. The lowest BCUT2D eigenvalue weighted by molar-refractivity contribution is -0.128. The Morgan fingerprint density at radius 2 is 1.70 bits per heavy atom. The van der Waals surface area contributed by atoms with Crippen molar-refractivity contribution in [1.82, 2.24) is 29.7 Å². The van der Waals surface area contributed by atoms with Crippen LogP contribution in [0.15, 0.2) is 42.7 Å². The van der Waals surface area contributed by atoms with Crippen LogP contribution in [0.3, 0.4) is 0 Å². The number of carbonyl (C=O) groups excluding carboxylic acids is 2. The predicted molar refractivity (Wildman–Crippen MR) is 226 cm³/mol. The third kappa shape index (κ3) is 6.59. The summed E-state index contributed by atoms with van der Waals surface area (Å²) in [7, 11) is 0. The van der Waals surface area contributed by atoms with Gasteiger partial charge in [-0.1, -0.05) is 41.1 Å². The highest BCUT2D eigenvalue weighted by Crippen LogP contribution is 2.52. The number of anilines is 3. The highest BCUT2D eigenvalue weighted by Gasteiger charge is 2.56. The van der Waals surface area contributed by atoms with E-state index in [-0.39, 0.29) is 33.6 Å². The van der Waals surface area contributed by atoms with Gasteiger partial charge in [-0.2, -0.15) is 0 Å². The molecule has 5 aliphatic rings. The van der Waals surface area contributed by atoms with Crippen LogP contribution >= 0.6 is 22.6 Å². The lowest BCUT2D eigenvalue weighted by atomic mass is 9.73. The Hall–Kier alpha value is -3.66. The molecule has 4 aliphatic heterocycles. The fourth-order valence-corrected chi connectivity index (χ4v) is 10.1. The van der Waals surface area contributed by atoms with Gasteiger partial charge in [0.05, 0.1) is 51.9 Å². The summed E-state index contributed by atoms with van der Waals surface area (Å²) in [4.78, 5) is 45.3. The highest BCUT2D eigenvalue weighted by atomic mass is 127. The van der Waals surface area contributed by atoms with Gasteiger partial charge in [-0.15, -0.1) is 0 Å². The normalized spacial score (nSPS) is 23.3. The van der Waals surface area contributed by atoms with E-state index in [1.807, 2.05) is 24.5 Å². The van der Waals surface area contributed by atoms with Crippen molar-refractivity contribution in [2.75, 3.05) is 49.6 Å². The molecule has 1 aliphatic carbocycles. The Labute approximate surface area is 341 Å². The molecule has 296 valence electrons. The molecule has 56 heavy (non-hydrogen) atoms. The molecule has 4 fully saturated rings. The number of alkyl halides is 1. The lowest BCUT2D eigenvalue weighted by Gasteiger charge is -2.48. The summed E-state index contributed by atoms with van der Waals surface area (Å²) in [5, 5.41) is 6.21. The average molecular weight is 875 g/mol. The maximum absolute atomic E-state index is 15.7. The van der Waals surface area contributed by atoms with Crippen LogP contribution in [0.25, 0.3) is 22.3 Å². The molecule has 11 nitrogen and oxygen atoms in total. The number of aryl methyl sites for hydroxylation is 1. The van der Waals surface area contributed by atoms with Crippen molar-refractivity contribution in [3.05, 3.63) is 65.2 Å². The highest BCUT2D eigenvalue weighted by molar-refractivity contribution is 14.1. The number of piperidine rings is 2. The summed E-state index contributed by atoms with van der Waals surface area (Å²) in [5.41, 5.74) is 5.71. The van der Waals surface area contributed by atoms with Gasteiger partial charge >= 0.3 is 0 Å². The molecule has 13 heteroatoms. The second-order valence-electron chi connectivity index (χ2n) is 16.9. The van der Waals surface area contributed by atoms with Gasteiger partial charge in [0.15, 0.2) is 5.82 Å². The zero-order chi connectivity index (χ0) is 38.9. The standard InChI is InChI=1S/C43H52FIN8O3/c1-25(2)47-41(54)32-20-36(34(44)16-26(32)3)49-40-39-37(46-24-52(39)27(4)45)21-35(48-40)28-8-9-33-38(17-28)53(30-18-29(19-30)50-12-6-5-7-13-50)42(55)43(33)10-14-51(15-11-43)31-22-56-23-31/h8-9,16-17,20-21,24-25,27,29-31H,5-7,10-15,18-19,22-23H2,1-4H3,(H,47,54)(H,48,49). The monoisotopic (exact) mass is 874 g/mol. The smallest absolute Gasteiger partial charge is 0.251 e. The number of carbonyl (C=O) groups is 2. The van der Waals surface area contributed by atoms with Gasteiger partial charge in [-0.25, -0.2) is 14.4 Å². The Morgan fingerprint density at radius 1 is 0.964 bits per heavy atom. The van der Waals surface area contributed by atoms with Gasteiger partial charge in [0, 0.05) is 34.9 Å². The summed E-state index contributed by atoms with van der Waals surface area (Å²) in [6.07, 6.45) is 9.22. The van der Waals surface area contributed by atoms with Crippen molar-refractivity contribution in [2.45, 2.75) is 106 Å². The number of nitrogens with zero attached hydrogens (tertiary/aromatic N) is 6. The van der Waals surface area contributed by atoms with Crippen LogP contribution in [0.4, 0.5) is 21.6 Å². The van der Waals surface area contributed by atoms with E-state index in [0.717, 1.165) is 87.4 Å². The van der Waals surface area contributed by atoms with Crippen LogP contribution in [0.2, 0.25) is 0 Å². The number of rotatable bonds is 9. The van der Waals surface area contributed by atoms with Crippen LogP contribution in [0.1, 0.15) is 91.3 Å². The number of aromatic nitrogens is 3. The molecule has 2 aromatic heterocycles. The van der Waals surface area contributed by atoms with E-state index in [1.165, 1.54) is 25.3 Å². The van der Waals surface area contributed by atoms with E-state index in [4.69, 9.17) is 14.7 Å². The SMILES string of the molecule is Cc1cc(F)c(Nc2nc(-c3ccc4c(c3)N(C3CC(N5CCCCC5)C3)C(=O)C43CCN(C4COC4)CC3)cc3ncn(C(C)I)c23)cc1C(=O)NC(C)C. The Balaban J connectivity index is 1.10. The molecule has 0 radical (unpaired) electrons. The van der Waals surface area contributed by atoms with E-state index in [0.29, 0.717) is 40.2 Å². The van der Waals surface area contributed by atoms with Gasteiger partial charge in [0.25, 0.3) is 5.91 Å². The number of ether oxygens (including phenoxy) is 1. The van der Waals surface area contributed by atoms with Gasteiger partial charge in [0.1, 0.15) is 11.3 Å². The van der Waals surface area contributed by atoms with Gasteiger partial charge in [-0.3, -0.25) is 14.5 Å². The minimum Gasteiger partial charge on any atom is -0.378 e. The largest absolute Gasteiger partial charge is 0.378 e. The van der Waals surface area contributed by atoms with E-state index >= 15 is 4.39 Å². The summed E-state index contributed by atoms with van der Waals surface area (Å²) in [6, 6.07) is 12.5. The van der Waals surface area contributed by atoms with Crippen LogP contribution in [0, 0.1) is 12.7 Å². The van der Waals surface area contributed by atoms with Crippen molar-refractivity contribution >= 4 is 62.6 Å². The molecule has 1 atom stereocenters. The van der Waals surface area contributed by atoms with Crippen molar-refractivity contribution in [2.24, 2.45) is 0 Å². The van der Waals surface area contributed by atoms with Crippen LogP contribution in [0.5, 0.6) is 0 Å². The predicted octanol–water partition coefficient (Wildman–Crippen LogP) is 7.48. The second kappa shape index (κ2) is 14.9. The number of imidazole rings is 1. The third-order valence-electron chi connectivity index (χ3n) is 13.0. The van der Waals surface area contributed by atoms with Crippen LogP contribution < -0.4 is 15.5 Å². The number of hydrogen-bond donors (Lipinski definition) is 2. The van der Waals surface area contributed by atoms with Crippen molar-refractivity contribution in [3.63, 3.8) is 0 Å². The topological polar surface area (TPSA) is 108 Å². The van der Waals surface area contributed by atoms with Crippen LogP contribution in [-0.4, -0.2) is 99.7 Å². The summed E-state index contributed by atoms with van der Waals surface area (Å²) in [6.45, 7) is 13.2. The first kappa shape index (κ1) is 37.9. The Kier molecular flexibility index (Phi) is 10.1. The fourth-order valence-electron chi connectivity index (χ4n) is 9.70. The summed E-state index contributed by atoms with van der Waals surface area (Å²) >= 11 is 2.33. The quantitative estimate of drug-likeness (QED) is 0.132. The maximum Gasteiger partial charge on any atom is 0.251 e. The molecular weight excluding hydrogens is 822 g/mol. The van der Waals surface area contributed by atoms with E-state index in [2.05, 4.69) is 73.0 Å². The Morgan fingerprint density at radius 3 is 2.38 bits per heavy atom. The maximum atomic E-state index is 15.7. The lowest BCUT2D eigenvalue weighted by Crippen LogP contribution is -2.59. The molecule has 2 amide bonds. The minimum atomic E-state index is -0.535. The van der Waals surface area contributed by atoms with Gasteiger partial charge < -0.3 is 29.7 Å². The number of fused-ring (bicyclic) bond motifs is 3. The van der Waals surface area contributed by atoms with Gasteiger partial charge in [-0.05, 0) is 128 Å². The molecular formula is C43H52FIN8O3. The molecule has 2 N–H and O–H groups in total. The van der Waals surface area contributed by atoms with Crippen molar-refractivity contribution < 1.29 is 18.7 Å². The molecule has 0 bridgehead atoms.